The van der Waals surface area contributed by atoms with E-state index < -0.39 is 0 Å². The van der Waals surface area contributed by atoms with Crippen molar-refractivity contribution in [3.8, 4) is 0 Å². The standard InChI is InChI=1S/C13H19N3S/c1-4-13(5-2)14-12(17)16(15-13)11-8-6-10(3)7-9-11/h6-9,15H,4-5H2,1-3H3,(H,14,17). The first kappa shape index (κ1) is 12.3. The number of nitrogens with one attached hydrogen (secondary N) is 2. The molecule has 1 fully saturated rings. The molecule has 0 saturated carbocycles. The van der Waals surface area contributed by atoms with Crippen LogP contribution in [0.3, 0.4) is 0 Å². The Morgan fingerprint density at radius 1 is 1.18 bits per heavy atom. The van der Waals surface area contributed by atoms with Crippen molar-refractivity contribution in [2.24, 2.45) is 0 Å². The topological polar surface area (TPSA) is 27.3 Å². The van der Waals surface area contributed by atoms with Gasteiger partial charge < -0.3 is 5.32 Å². The largest absolute Gasteiger partial charge is 0.342 e. The molecule has 0 spiro atoms. The molecule has 0 radical (unpaired) electrons. The van der Waals surface area contributed by atoms with Gasteiger partial charge in [0.1, 0.15) is 5.66 Å². The highest BCUT2D eigenvalue weighted by molar-refractivity contribution is 7.80. The summed E-state index contributed by atoms with van der Waals surface area (Å²) in [6.45, 7) is 6.40. The predicted octanol–water partition coefficient (Wildman–Crippen LogP) is 2.71. The zero-order valence-electron chi connectivity index (χ0n) is 10.6. The lowest BCUT2D eigenvalue weighted by Crippen LogP contribution is -2.50. The van der Waals surface area contributed by atoms with Gasteiger partial charge in [0.05, 0.1) is 5.69 Å². The molecule has 1 aromatic rings. The first-order chi connectivity index (χ1) is 8.10. The Bertz CT molecular complexity index is 409. The van der Waals surface area contributed by atoms with Crippen molar-refractivity contribution in [1.82, 2.24) is 10.7 Å². The Hall–Kier alpha value is -1.13. The summed E-state index contributed by atoms with van der Waals surface area (Å²) < 4.78 is 0. The van der Waals surface area contributed by atoms with Crippen molar-refractivity contribution in [3.63, 3.8) is 0 Å². The molecule has 1 aliphatic rings. The van der Waals surface area contributed by atoms with E-state index in [9.17, 15) is 0 Å². The van der Waals surface area contributed by atoms with Crippen molar-refractivity contribution in [3.05, 3.63) is 29.8 Å². The highest BCUT2D eigenvalue weighted by Crippen LogP contribution is 2.23. The lowest BCUT2D eigenvalue weighted by atomic mass is 10.1. The van der Waals surface area contributed by atoms with Crippen LogP contribution in [0.5, 0.6) is 0 Å². The van der Waals surface area contributed by atoms with Crippen molar-refractivity contribution >= 4 is 23.0 Å². The smallest absolute Gasteiger partial charge is 0.189 e. The van der Waals surface area contributed by atoms with Crippen LogP contribution in [-0.4, -0.2) is 10.8 Å². The van der Waals surface area contributed by atoms with Gasteiger partial charge >= 0.3 is 0 Å². The number of hydrogen-bond donors (Lipinski definition) is 2. The Balaban J connectivity index is 2.23. The van der Waals surface area contributed by atoms with Gasteiger partial charge in [-0.05, 0) is 44.1 Å². The molecule has 92 valence electrons. The average molecular weight is 249 g/mol. The molecule has 2 N–H and O–H groups in total. The highest BCUT2D eigenvalue weighted by atomic mass is 32.1. The molecule has 1 heterocycles. The van der Waals surface area contributed by atoms with Crippen molar-refractivity contribution in [1.29, 1.82) is 0 Å². The van der Waals surface area contributed by atoms with Crippen LogP contribution >= 0.6 is 12.2 Å². The van der Waals surface area contributed by atoms with E-state index in [2.05, 4.69) is 55.8 Å². The van der Waals surface area contributed by atoms with Gasteiger partial charge in [0.15, 0.2) is 5.11 Å². The van der Waals surface area contributed by atoms with Gasteiger partial charge in [-0.2, -0.15) is 0 Å². The maximum Gasteiger partial charge on any atom is 0.189 e. The molecule has 2 rings (SSSR count). The Labute approximate surface area is 108 Å². The second kappa shape index (κ2) is 4.63. The fraction of sp³-hybridized carbons (Fsp3) is 0.462. The third kappa shape index (κ3) is 2.28. The third-order valence-corrected chi connectivity index (χ3v) is 3.66. The summed E-state index contributed by atoms with van der Waals surface area (Å²) in [6.07, 6.45) is 1.98. The van der Waals surface area contributed by atoms with Crippen molar-refractivity contribution in [2.45, 2.75) is 39.3 Å². The monoisotopic (exact) mass is 249 g/mol. The quantitative estimate of drug-likeness (QED) is 0.806. The van der Waals surface area contributed by atoms with Crippen molar-refractivity contribution in [2.75, 3.05) is 5.01 Å². The molecule has 4 heteroatoms. The van der Waals surface area contributed by atoms with Gasteiger partial charge in [-0.3, -0.25) is 5.01 Å². The fourth-order valence-electron chi connectivity index (χ4n) is 2.01. The third-order valence-electron chi connectivity index (χ3n) is 3.37. The van der Waals surface area contributed by atoms with Gasteiger partial charge in [-0.1, -0.05) is 31.5 Å². The molecular weight excluding hydrogens is 230 g/mol. The minimum Gasteiger partial charge on any atom is -0.342 e. The summed E-state index contributed by atoms with van der Waals surface area (Å²) in [7, 11) is 0. The second-order valence-corrected chi connectivity index (χ2v) is 4.89. The van der Waals surface area contributed by atoms with E-state index in [1.54, 1.807) is 0 Å². The SMILES string of the molecule is CCC1(CC)NC(=S)N(c2ccc(C)cc2)N1. The number of hydrogen-bond acceptors (Lipinski definition) is 2. The maximum absolute atomic E-state index is 5.39. The lowest BCUT2D eigenvalue weighted by molar-refractivity contribution is 0.315. The number of nitrogens with zero attached hydrogens (tertiary/aromatic N) is 1. The summed E-state index contributed by atoms with van der Waals surface area (Å²) in [4.78, 5) is 0. The number of aryl methyl sites for hydroxylation is 1. The molecule has 0 aliphatic carbocycles. The van der Waals surface area contributed by atoms with E-state index in [1.165, 1.54) is 5.56 Å². The molecule has 1 aliphatic heterocycles. The zero-order chi connectivity index (χ0) is 12.5. The van der Waals surface area contributed by atoms with E-state index in [-0.39, 0.29) is 5.66 Å². The van der Waals surface area contributed by atoms with E-state index >= 15 is 0 Å². The predicted molar refractivity (Wildman–Crippen MR) is 75.8 cm³/mol. The first-order valence-electron chi connectivity index (χ1n) is 6.07. The van der Waals surface area contributed by atoms with Crippen LogP contribution in [-0.2, 0) is 0 Å². The maximum atomic E-state index is 5.39. The van der Waals surface area contributed by atoms with Gasteiger partial charge in [0.25, 0.3) is 0 Å². The minimum absolute atomic E-state index is 0.0953. The summed E-state index contributed by atoms with van der Waals surface area (Å²) >= 11 is 5.39. The Kier molecular flexibility index (Phi) is 3.35. The Morgan fingerprint density at radius 3 is 2.24 bits per heavy atom. The van der Waals surface area contributed by atoms with Crippen LogP contribution in [0, 0.1) is 6.92 Å². The molecule has 3 nitrogen and oxygen atoms in total. The summed E-state index contributed by atoms with van der Waals surface area (Å²) in [5.41, 5.74) is 5.71. The van der Waals surface area contributed by atoms with Crippen LogP contribution < -0.4 is 15.8 Å². The number of rotatable bonds is 3. The van der Waals surface area contributed by atoms with Gasteiger partial charge in [-0.25, -0.2) is 5.43 Å². The van der Waals surface area contributed by atoms with Crippen LogP contribution in [0.1, 0.15) is 32.3 Å². The number of hydrazine groups is 1. The van der Waals surface area contributed by atoms with Crippen LogP contribution in [0.2, 0.25) is 0 Å². The number of anilines is 1. The first-order valence-corrected chi connectivity index (χ1v) is 6.48. The molecule has 17 heavy (non-hydrogen) atoms. The van der Waals surface area contributed by atoms with Crippen LogP contribution in [0.15, 0.2) is 24.3 Å². The van der Waals surface area contributed by atoms with E-state index in [0.29, 0.717) is 0 Å². The minimum atomic E-state index is -0.0953. The summed E-state index contributed by atoms with van der Waals surface area (Å²) in [5.74, 6) is 0. The van der Waals surface area contributed by atoms with E-state index in [1.807, 2.05) is 5.01 Å². The molecule has 0 amide bonds. The summed E-state index contributed by atoms with van der Waals surface area (Å²) in [5, 5.41) is 6.08. The molecular formula is C13H19N3S. The van der Waals surface area contributed by atoms with Gasteiger partial charge in [0.2, 0.25) is 0 Å². The lowest BCUT2D eigenvalue weighted by Gasteiger charge is -2.27. The number of thiocarbonyl (C=S) groups is 1. The fourth-order valence-corrected chi connectivity index (χ4v) is 2.36. The average Bonchev–Trinajstić information content (AvgIpc) is 2.69. The molecule has 0 aromatic heterocycles. The molecule has 1 aromatic carbocycles. The molecule has 0 unspecified atom stereocenters. The Morgan fingerprint density at radius 2 is 1.76 bits per heavy atom. The second-order valence-electron chi connectivity index (χ2n) is 4.50. The van der Waals surface area contributed by atoms with Crippen LogP contribution in [0.4, 0.5) is 5.69 Å². The van der Waals surface area contributed by atoms with Gasteiger partial charge in [0, 0.05) is 0 Å². The molecule has 1 saturated heterocycles. The highest BCUT2D eigenvalue weighted by Gasteiger charge is 2.37. The van der Waals surface area contributed by atoms with Gasteiger partial charge in [-0.15, -0.1) is 0 Å². The van der Waals surface area contributed by atoms with Crippen LogP contribution in [0.25, 0.3) is 0 Å². The zero-order valence-corrected chi connectivity index (χ0v) is 11.4. The van der Waals surface area contributed by atoms with E-state index in [4.69, 9.17) is 12.2 Å². The summed E-state index contributed by atoms with van der Waals surface area (Å²) in [6, 6.07) is 8.35. The number of benzene rings is 1. The molecule has 0 atom stereocenters. The normalized spacial score (nSPS) is 18.3. The van der Waals surface area contributed by atoms with E-state index in [0.717, 1.165) is 23.6 Å². The van der Waals surface area contributed by atoms with Crippen molar-refractivity contribution < 1.29 is 0 Å². The molecule has 0 bridgehead atoms.